The van der Waals surface area contributed by atoms with Crippen LogP contribution < -0.4 is 19.7 Å². The Kier molecular flexibility index (Phi) is 4.17. The van der Waals surface area contributed by atoms with Crippen LogP contribution in [0.25, 0.3) is 0 Å². The second-order valence-electron chi connectivity index (χ2n) is 6.72. The van der Waals surface area contributed by atoms with E-state index in [2.05, 4.69) is 25.4 Å². The van der Waals surface area contributed by atoms with Gasteiger partial charge in [0, 0.05) is 37.7 Å². The molecule has 9 heteroatoms. The maximum atomic E-state index is 5.77. The molecule has 0 atom stereocenters. The predicted molar refractivity (Wildman–Crippen MR) is 96.6 cm³/mol. The molecule has 1 N–H and O–H groups in total. The Morgan fingerprint density at radius 1 is 0.963 bits per heavy atom. The summed E-state index contributed by atoms with van der Waals surface area (Å²) >= 11 is 0. The molecule has 0 radical (unpaired) electrons. The SMILES string of the molecule is c1cc2c(cc1Nc1cnnc(N3CCC4(CC3)OCCO4)n1)OCCO2. The van der Waals surface area contributed by atoms with Crippen LogP contribution in [0.5, 0.6) is 11.5 Å². The molecule has 2 fully saturated rings. The number of benzene rings is 1. The molecule has 2 saturated heterocycles. The Balaban J connectivity index is 1.28. The van der Waals surface area contributed by atoms with Crippen LogP contribution in [-0.4, -0.2) is 60.5 Å². The van der Waals surface area contributed by atoms with Crippen LogP contribution in [0.15, 0.2) is 24.4 Å². The van der Waals surface area contributed by atoms with Crippen molar-refractivity contribution in [2.75, 3.05) is 49.7 Å². The minimum atomic E-state index is -0.412. The minimum Gasteiger partial charge on any atom is -0.486 e. The summed E-state index contributed by atoms with van der Waals surface area (Å²) in [5.41, 5.74) is 0.857. The van der Waals surface area contributed by atoms with Gasteiger partial charge in [-0.2, -0.15) is 10.1 Å². The number of anilines is 3. The van der Waals surface area contributed by atoms with Crippen molar-refractivity contribution in [3.05, 3.63) is 24.4 Å². The van der Waals surface area contributed by atoms with Gasteiger partial charge in [-0.15, -0.1) is 5.10 Å². The molecule has 1 spiro atoms. The summed E-state index contributed by atoms with van der Waals surface area (Å²) in [6.07, 6.45) is 3.21. The number of aromatic nitrogens is 3. The summed E-state index contributed by atoms with van der Waals surface area (Å²) in [5, 5.41) is 11.5. The maximum absolute atomic E-state index is 5.77. The number of ether oxygens (including phenoxy) is 4. The van der Waals surface area contributed by atoms with Crippen LogP contribution in [0, 0.1) is 0 Å². The Morgan fingerprint density at radius 3 is 2.56 bits per heavy atom. The second kappa shape index (κ2) is 6.82. The van der Waals surface area contributed by atoms with Crippen LogP contribution in [-0.2, 0) is 9.47 Å². The van der Waals surface area contributed by atoms with E-state index in [4.69, 9.17) is 18.9 Å². The zero-order valence-corrected chi connectivity index (χ0v) is 14.9. The van der Waals surface area contributed by atoms with Gasteiger partial charge >= 0.3 is 0 Å². The van der Waals surface area contributed by atoms with E-state index < -0.39 is 5.79 Å². The predicted octanol–water partition coefficient (Wildman–Crippen LogP) is 1.73. The van der Waals surface area contributed by atoms with Gasteiger partial charge in [0.1, 0.15) is 13.2 Å². The molecule has 3 aliphatic heterocycles. The van der Waals surface area contributed by atoms with Gasteiger partial charge in [0.15, 0.2) is 23.1 Å². The van der Waals surface area contributed by atoms with E-state index in [9.17, 15) is 0 Å². The number of hydrogen-bond acceptors (Lipinski definition) is 9. The summed E-state index contributed by atoms with van der Waals surface area (Å²) in [7, 11) is 0. The molecule has 0 bridgehead atoms. The van der Waals surface area contributed by atoms with E-state index >= 15 is 0 Å². The molecule has 1 aromatic heterocycles. The van der Waals surface area contributed by atoms with E-state index in [-0.39, 0.29) is 0 Å². The molecule has 9 nitrogen and oxygen atoms in total. The van der Waals surface area contributed by atoms with E-state index in [1.54, 1.807) is 6.20 Å². The van der Waals surface area contributed by atoms with Crippen LogP contribution in [0.3, 0.4) is 0 Å². The summed E-state index contributed by atoms with van der Waals surface area (Å²) in [5.74, 6) is 2.30. The van der Waals surface area contributed by atoms with E-state index in [0.717, 1.165) is 43.1 Å². The summed E-state index contributed by atoms with van der Waals surface area (Å²) in [6.45, 7) is 4.02. The van der Waals surface area contributed by atoms with Crippen molar-refractivity contribution in [2.45, 2.75) is 18.6 Å². The van der Waals surface area contributed by atoms with Gasteiger partial charge in [-0.3, -0.25) is 0 Å². The first-order valence-corrected chi connectivity index (χ1v) is 9.19. The quantitative estimate of drug-likeness (QED) is 0.866. The highest BCUT2D eigenvalue weighted by molar-refractivity contribution is 5.61. The molecule has 4 heterocycles. The Labute approximate surface area is 156 Å². The van der Waals surface area contributed by atoms with Crippen molar-refractivity contribution in [3.63, 3.8) is 0 Å². The molecule has 5 rings (SSSR count). The van der Waals surface area contributed by atoms with Gasteiger partial charge in [-0.25, -0.2) is 0 Å². The van der Waals surface area contributed by atoms with E-state index in [1.807, 2.05) is 18.2 Å². The first kappa shape index (κ1) is 16.5. The lowest BCUT2D eigenvalue weighted by Gasteiger charge is -2.37. The lowest BCUT2D eigenvalue weighted by Crippen LogP contribution is -2.45. The smallest absolute Gasteiger partial charge is 0.247 e. The number of hydrogen-bond donors (Lipinski definition) is 1. The molecule has 27 heavy (non-hydrogen) atoms. The average Bonchev–Trinajstić information content (AvgIpc) is 3.17. The third kappa shape index (κ3) is 3.35. The highest BCUT2D eigenvalue weighted by Gasteiger charge is 2.40. The fourth-order valence-corrected chi connectivity index (χ4v) is 3.59. The highest BCUT2D eigenvalue weighted by atomic mass is 16.7. The van der Waals surface area contributed by atoms with Crippen molar-refractivity contribution in [2.24, 2.45) is 0 Å². The largest absolute Gasteiger partial charge is 0.486 e. The highest BCUT2D eigenvalue weighted by Crippen LogP contribution is 2.34. The van der Waals surface area contributed by atoms with Gasteiger partial charge in [0.2, 0.25) is 5.95 Å². The van der Waals surface area contributed by atoms with Gasteiger partial charge in [0.25, 0.3) is 0 Å². The first-order valence-electron chi connectivity index (χ1n) is 9.19. The molecule has 0 unspecified atom stereocenters. The summed E-state index contributed by atoms with van der Waals surface area (Å²) < 4.78 is 22.7. The molecular weight excluding hydrogens is 350 g/mol. The third-order valence-electron chi connectivity index (χ3n) is 4.98. The molecule has 0 amide bonds. The van der Waals surface area contributed by atoms with Crippen LogP contribution in [0.1, 0.15) is 12.8 Å². The van der Waals surface area contributed by atoms with Crippen LogP contribution >= 0.6 is 0 Å². The topological polar surface area (TPSA) is 90.9 Å². The monoisotopic (exact) mass is 371 g/mol. The molecule has 1 aromatic carbocycles. The summed E-state index contributed by atoms with van der Waals surface area (Å²) in [6, 6.07) is 5.71. The maximum Gasteiger partial charge on any atom is 0.247 e. The average molecular weight is 371 g/mol. The molecule has 0 aliphatic carbocycles. The third-order valence-corrected chi connectivity index (χ3v) is 4.98. The summed E-state index contributed by atoms with van der Waals surface area (Å²) in [4.78, 5) is 6.72. The zero-order chi connectivity index (χ0) is 18.1. The van der Waals surface area contributed by atoms with Gasteiger partial charge in [-0.1, -0.05) is 0 Å². The normalized spacial score (nSPS) is 20.7. The second-order valence-corrected chi connectivity index (χ2v) is 6.72. The lowest BCUT2D eigenvalue weighted by atomic mass is 10.0. The Bertz CT molecular complexity index is 817. The van der Waals surface area contributed by atoms with Gasteiger partial charge in [-0.05, 0) is 12.1 Å². The lowest BCUT2D eigenvalue weighted by molar-refractivity contribution is -0.169. The van der Waals surface area contributed by atoms with Crippen molar-refractivity contribution in [1.82, 2.24) is 15.2 Å². The van der Waals surface area contributed by atoms with Crippen molar-refractivity contribution in [1.29, 1.82) is 0 Å². The fourth-order valence-electron chi connectivity index (χ4n) is 3.59. The van der Waals surface area contributed by atoms with Crippen molar-refractivity contribution < 1.29 is 18.9 Å². The zero-order valence-electron chi connectivity index (χ0n) is 14.9. The van der Waals surface area contributed by atoms with E-state index in [1.165, 1.54) is 0 Å². The molecular formula is C18H21N5O4. The first-order chi connectivity index (χ1) is 13.3. The van der Waals surface area contributed by atoms with Crippen LogP contribution in [0.2, 0.25) is 0 Å². The van der Waals surface area contributed by atoms with Gasteiger partial charge in [0.05, 0.1) is 19.4 Å². The standard InChI is InChI=1S/C18H21N5O4/c1-2-14-15(25-8-7-24-14)11-13(1)20-16-12-19-22-17(21-16)23-5-3-18(4-6-23)26-9-10-27-18/h1-2,11-12H,3-10H2,(H,20,21,22). The molecule has 0 saturated carbocycles. The minimum absolute atomic E-state index is 0.412. The number of piperidine rings is 1. The molecule has 3 aliphatic rings. The van der Waals surface area contributed by atoms with Crippen LogP contribution in [0.4, 0.5) is 17.5 Å². The van der Waals surface area contributed by atoms with Gasteiger partial charge < -0.3 is 29.2 Å². The molecule has 2 aromatic rings. The Morgan fingerprint density at radius 2 is 1.74 bits per heavy atom. The fraction of sp³-hybridized carbons (Fsp3) is 0.500. The molecule has 142 valence electrons. The Hall–Kier alpha value is -2.65. The number of rotatable bonds is 3. The van der Waals surface area contributed by atoms with E-state index in [0.29, 0.717) is 38.2 Å². The van der Waals surface area contributed by atoms with Crippen molar-refractivity contribution >= 4 is 17.5 Å². The number of nitrogens with zero attached hydrogens (tertiary/aromatic N) is 4. The number of fused-ring (bicyclic) bond motifs is 1. The van der Waals surface area contributed by atoms with Crippen molar-refractivity contribution in [3.8, 4) is 11.5 Å². The number of nitrogens with one attached hydrogen (secondary N) is 1.